The van der Waals surface area contributed by atoms with Gasteiger partial charge in [-0.2, -0.15) is 0 Å². The van der Waals surface area contributed by atoms with Crippen LogP contribution in [-0.2, 0) is 24.3 Å². The van der Waals surface area contributed by atoms with Crippen LogP contribution in [0.25, 0.3) is 0 Å². The van der Waals surface area contributed by atoms with E-state index in [9.17, 15) is 4.79 Å². The summed E-state index contributed by atoms with van der Waals surface area (Å²) in [5.41, 5.74) is 2.30. The number of carbonyl (C=O) groups is 1. The predicted octanol–water partition coefficient (Wildman–Crippen LogP) is 2.07. The van der Waals surface area contributed by atoms with Crippen molar-refractivity contribution in [2.75, 3.05) is 0 Å². The molecule has 1 aliphatic rings. The van der Waals surface area contributed by atoms with E-state index in [-0.39, 0.29) is 5.91 Å². The fraction of sp³-hybridized carbons (Fsp3) is 0.529. The molecule has 1 aliphatic carbocycles. The molecular formula is C17H23N5O. The molecule has 0 spiro atoms. The lowest BCUT2D eigenvalue weighted by Gasteiger charge is -2.12. The zero-order chi connectivity index (χ0) is 16.2. The Bertz CT molecular complexity index is 675. The van der Waals surface area contributed by atoms with E-state index in [0.717, 1.165) is 17.9 Å². The summed E-state index contributed by atoms with van der Waals surface area (Å²) >= 11 is 0. The predicted molar refractivity (Wildman–Crippen MR) is 86.6 cm³/mol. The molecule has 0 radical (unpaired) electrons. The highest BCUT2D eigenvalue weighted by molar-refractivity contribution is 5.78. The van der Waals surface area contributed by atoms with Gasteiger partial charge in [-0.25, -0.2) is 4.68 Å². The summed E-state index contributed by atoms with van der Waals surface area (Å²) in [7, 11) is 0. The van der Waals surface area contributed by atoms with Crippen LogP contribution in [0.2, 0.25) is 0 Å². The van der Waals surface area contributed by atoms with Crippen molar-refractivity contribution in [3.8, 4) is 0 Å². The zero-order valence-electron chi connectivity index (χ0n) is 13.7. The van der Waals surface area contributed by atoms with Gasteiger partial charge in [0.15, 0.2) is 5.82 Å². The van der Waals surface area contributed by atoms with Crippen molar-refractivity contribution in [1.29, 1.82) is 0 Å². The van der Waals surface area contributed by atoms with Crippen LogP contribution in [0.1, 0.15) is 49.6 Å². The van der Waals surface area contributed by atoms with Gasteiger partial charge < -0.3 is 5.32 Å². The van der Waals surface area contributed by atoms with E-state index in [1.165, 1.54) is 18.4 Å². The summed E-state index contributed by atoms with van der Waals surface area (Å²) in [5.74, 6) is 1.83. The highest BCUT2D eigenvalue weighted by Crippen LogP contribution is 2.30. The van der Waals surface area contributed by atoms with Crippen LogP contribution < -0.4 is 5.32 Å². The third kappa shape index (κ3) is 4.15. The fourth-order valence-corrected chi connectivity index (χ4v) is 2.71. The van der Waals surface area contributed by atoms with Crippen LogP contribution in [0.3, 0.4) is 0 Å². The standard InChI is InChI=1S/C17H23N5O/c1-12(2)15-6-4-3-5-14(15)9-17(23)18-10-16-19-20-21-22(16)11-13-7-8-13/h3-6,12-13H,7-11H2,1-2H3,(H,18,23). The number of carbonyl (C=O) groups excluding carboxylic acids is 1. The molecular weight excluding hydrogens is 290 g/mol. The first kappa shape index (κ1) is 15.6. The van der Waals surface area contributed by atoms with Gasteiger partial charge in [0.25, 0.3) is 0 Å². The van der Waals surface area contributed by atoms with Crippen LogP contribution >= 0.6 is 0 Å². The van der Waals surface area contributed by atoms with Gasteiger partial charge >= 0.3 is 0 Å². The number of tetrazole rings is 1. The minimum Gasteiger partial charge on any atom is -0.348 e. The Morgan fingerprint density at radius 3 is 2.87 bits per heavy atom. The third-order valence-electron chi connectivity index (χ3n) is 4.21. The maximum atomic E-state index is 12.2. The molecule has 0 bridgehead atoms. The van der Waals surface area contributed by atoms with Crippen molar-refractivity contribution in [2.45, 2.75) is 52.1 Å². The SMILES string of the molecule is CC(C)c1ccccc1CC(=O)NCc1nnnn1CC1CC1. The minimum atomic E-state index is -0.000859. The highest BCUT2D eigenvalue weighted by Gasteiger charge is 2.23. The summed E-state index contributed by atoms with van der Waals surface area (Å²) in [5, 5.41) is 14.7. The number of nitrogens with zero attached hydrogens (tertiary/aromatic N) is 4. The van der Waals surface area contributed by atoms with Gasteiger partial charge in [0.2, 0.25) is 5.91 Å². The smallest absolute Gasteiger partial charge is 0.224 e. The average molecular weight is 313 g/mol. The van der Waals surface area contributed by atoms with Crippen molar-refractivity contribution in [3.63, 3.8) is 0 Å². The quantitative estimate of drug-likeness (QED) is 0.849. The Balaban J connectivity index is 1.57. The fourth-order valence-electron chi connectivity index (χ4n) is 2.71. The second-order valence-corrected chi connectivity index (χ2v) is 6.53. The van der Waals surface area contributed by atoms with Crippen LogP contribution in [0, 0.1) is 5.92 Å². The first-order valence-electron chi connectivity index (χ1n) is 8.23. The maximum absolute atomic E-state index is 12.2. The molecule has 6 nitrogen and oxygen atoms in total. The molecule has 0 aliphatic heterocycles. The highest BCUT2D eigenvalue weighted by atomic mass is 16.1. The van der Waals surface area contributed by atoms with Crippen molar-refractivity contribution in [3.05, 3.63) is 41.2 Å². The summed E-state index contributed by atoms with van der Waals surface area (Å²) < 4.78 is 1.81. The van der Waals surface area contributed by atoms with Crippen molar-refractivity contribution in [1.82, 2.24) is 25.5 Å². The van der Waals surface area contributed by atoms with Gasteiger partial charge in [-0.15, -0.1) is 5.10 Å². The molecule has 2 aromatic rings. The summed E-state index contributed by atoms with van der Waals surface area (Å²) in [6, 6.07) is 8.10. The Hall–Kier alpha value is -2.24. The third-order valence-corrected chi connectivity index (χ3v) is 4.21. The first-order chi connectivity index (χ1) is 11.1. The Morgan fingerprint density at radius 1 is 1.35 bits per heavy atom. The molecule has 122 valence electrons. The minimum absolute atomic E-state index is 0.000859. The second-order valence-electron chi connectivity index (χ2n) is 6.53. The van der Waals surface area contributed by atoms with Crippen LogP contribution in [0.4, 0.5) is 0 Å². The van der Waals surface area contributed by atoms with Gasteiger partial charge in [0, 0.05) is 6.54 Å². The Morgan fingerprint density at radius 2 is 2.13 bits per heavy atom. The topological polar surface area (TPSA) is 72.7 Å². The molecule has 1 fully saturated rings. The van der Waals surface area contributed by atoms with Crippen LogP contribution in [-0.4, -0.2) is 26.1 Å². The molecule has 0 unspecified atom stereocenters. The van der Waals surface area contributed by atoms with Gasteiger partial charge in [0.1, 0.15) is 0 Å². The van der Waals surface area contributed by atoms with Gasteiger partial charge in [-0.05, 0) is 46.2 Å². The Kier molecular flexibility index (Phi) is 4.69. The molecule has 3 rings (SSSR count). The molecule has 0 saturated heterocycles. The monoisotopic (exact) mass is 313 g/mol. The van der Waals surface area contributed by atoms with Crippen molar-refractivity contribution in [2.24, 2.45) is 5.92 Å². The zero-order valence-corrected chi connectivity index (χ0v) is 13.7. The largest absolute Gasteiger partial charge is 0.348 e. The summed E-state index contributed by atoms with van der Waals surface area (Å²) in [6.45, 7) is 5.52. The first-order valence-corrected chi connectivity index (χ1v) is 8.23. The van der Waals surface area contributed by atoms with Gasteiger partial charge in [-0.1, -0.05) is 38.1 Å². The molecule has 0 atom stereocenters. The van der Waals surface area contributed by atoms with E-state index >= 15 is 0 Å². The van der Waals surface area contributed by atoms with E-state index in [1.807, 2.05) is 18.2 Å². The number of aromatic nitrogens is 4. The lowest BCUT2D eigenvalue weighted by molar-refractivity contribution is -0.120. The van der Waals surface area contributed by atoms with Crippen LogP contribution in [0.5, 0.6) is 0 Å². The van der Waals surface area contributed by atoms with E-state index in [2.05, 4.69) is 40.8 Å². The normalized spacial score (nSPS) is 14.2. The number of hydrogen-bond donors (Lipinski definition) is 1. The average Bonchev–Trinajstić information content (AvgIpc) is 3.23. The molecule has 1 aromatic carbocycles. The number of hydrogen-bond acceptors (Lipinski definition) is 4. The van der Waals surface area contributed by atoms with E-state index < -0.39 is 0 Å². The molecule has 6 heteroatoms. The van der Waals surface area contributed by atoms with Gasteiger partial charge in [0.05, 0.1) is 13.0 Å². The maximum Gasteiger partial charge on any atom is 0.224 e. The van der Waals surface area contributed by atoms with Crippen molar-refractivity contribution >= 4 is 5.91 Å². The molecule has 1 heterocycles. The molecule has 1 N–H and O–H groups in total. The van der Waals surface area contributed by atoms with Crippen LogP contribution in [0.15, 0.2) is 24.3 Å². The Labute approximate surface area is 136 Å². The second kappa shape index (κ2) is 6.89. The molecule has 1 amide bonds. The number of benzene rings is 1. The molecule has 1 aromatic heterocycles. The van der Waals surface area contributed by atoms with Crippen molar-refractivity contribution < 1.29 is 4.79 Å². The number of rotatable bonds is 7. The molecule has 23 heavy (non-hydrogen) atoms. The lowest BCUT2D eigenvalue weighted by atomic mass is 9.95. The summed E-state index contributed by atoms with van der Waals surface area (Å²) in [6.07, 6.45) is 2.88. The lowest BCUT2D eigenvalue weighted by Crippen LogP contribution is -2.27. The van der Waals surface area contributed by atoms with Gasteiger partial charge in [-0.3, -0.25) is 4.79 Å². The van der Waals surface area contributed by atoms with E-state index in [0.29, 0.717) is 24.8 Å². The van der Waals surface area contributed by atoms with E-state index in [1.54, 1.807) is 4.68 Å². The van der Waals surface area contributed by atoms with E-state index in [4.69, 9.17) is 0 Å². The number of amides is 1. The number of nitrogens with one attached hydrogen (secondary N) is 1. The molecule has 1 saturated carbocycles. The summed E-state index contributed by atoms with van der Waals surface area (Å²) in [4.78, 5) is 12.2.